The first kappa shape index (κ1) is 59.3. The van der Waals surface area contributed by atoms with Gasteiger partial charge in [0.05, 0.1) is 6.61 Å². The van der Waals surface area contributed by atoms with Gasteiger partial charge in [0.1, 0.15) is 43.2 Å². The average molecular weight is 925 g/mol. The monoisotopic (exact) mass is 925 g/mol. The molecule has 14 heteroatoms. The summed E-state index contributed by atoms with van der Waals surface area (Å²) in [7, 11) is -5.14. The van der Waals surface area contributed by atoms with Crippen LogP contribution in [0.1, 0.15) is 174 Å². The minimum absolute atomic E-state index is 0.0301. The lowest BCUT2D eigenvalue weighted by atomic mass is 9.85. The van der Waals surface area contributed by atoms with E-state index in [0.717, 1.165) is 51.4 Å². The Morgan fingerprint density at radius 1 is 0.500 bits per heavy atom. The quantitative estimate of drug-likeness (QED) is 0.0147. The van der Waals surface area contributed by atoms with Crippen LogP contribution in [-0.2, 0) is 32.7 Å². The third-order valence-electron chi connectivity index (χ3n) is 10.8. The summed E-state index contributed by atoms with van der Waals surface area (Å²) >= 11 is 0. The predicted octanol–water partition coefficient (Wildman–Crippen LogP) is 9.89. The number of phosphoric acid groups is 1. The summed E-state index contributed by atoms with van der Waals surface area (Å²) in [6, 6.07) is 0. The number of allylic oxidation sites excluding steroid dienone is 12. The van der Waals surface area contributed by atoms with E-state index in [4.69, 9.17) is 18.5 Å². The van der Waals surface area contributed by atoms with Gasteiger partial charge in [-0.1, -0.05) is 183 Å². The molecular formula is C50H85O13P. The number of hydrogen-bond acceptors (Lipinski definition) is 12. The molecule has 0 amide bonds. The summed E-state index contributed by atoms with van der Waals surface area (Å²) in [6.45, 7) is 3.13. The van der Waals surface area contributed by atoms with E-state index in [0.29, 0.717) is 19.3 Å². The lowest BCUT2D eigenvalue weighted by molar-refractivity contribution is -0.220. The van der Waals surface area contributed by atoms with Crippen LogP contribution in [-0.4, -0.2) is 98.3 Å². The molecule has 0 aromatic rings. The van der Waals surface area contributed by atoms with Gasteiger partial charge in [-0.3, -0.25) is 18.6 Å². The molecular weight excluding hydrogens is 840 g/mol. The molecule has 1 aliphatic carbocycles. The van der Waals surface area contributed by atoms with Crippen molar-refractivity contribution in [3.05, 3.63) is 72.9 Å². The number of ether oxygens (including phenoxy) is 2. The summed E-state index contributed by atoms with van der Waals surface area (Å²) in [5, 5.41) is 50.2. The second kappa shape index (κ2) is 39.5. The number of rotatable bonds is 39. The van der Waals surface area contributed by atoms with E-state index in [1.165, 1.54) is 77.0 Å². The number of phosphoric ester groups is 1. The molecule has 0 aromatic carbocycles. The van der Waals surface area contributed by atoms with Gasteiger partial charge in [0.15, 0.2) is 6.10 Å². The topological polar surface area (TPSA) is 210 Å². The van der Waals surface area contributed by atoms with E-state index in [2.05, 4.69) is 68.5 Å². The lowest BCUT2D eigenvalue weighted by Crippen LogP contribution is -2.64. The van der Waals surface area contributed by atoms with E-state index in [1.54, 1.807) is 0 Å². The Bertz CT molecular complexity index is 1390. The van der Waals surface area contributed by atoms with Gasteiger partial charge in [0.2, 0.25) is 0 Å². The number of aliphatic hydroxyl groups excluding tert-OH is 5. The van der Waals surface area contributed by atoms with Crippen molar-refractivity contribution >= 4 is 19.8 Å². The molecule has 6 N–H and O–H groups in total. The Kier molecular flexibility index (Phi) is 36.6. The Labute approximate surface area is 385 Å². The number of carbonyl (C=O) groups excluding carboxylic acids is 2. The van der Waals surface area contributed by atoms with Crippen molar-refractivity contribution in [2.45, 2.75) is 217 Å². The molecule has 0 saturated heterocycles. The molecule has 0 aromatic heterocycles. The highest BCUT2D eigenvalue weighted by Gasteiger charge is 2.51. The molecule has 1 rings (SSSR count). The summed E-state index contributed by atoms with van der Waals surface area (Å²) in [5.41, 5.74) is 0. The van der Waals surface area contributed by atoms with Crippen LogP contribution in [0.2, 0.25) is 0 Å². The maximum atomic E-state index is 12.8. The molecule has 13 nitrogen and oxygen atoms in total. The van der Waals surface area contributed by atoms with E-state index in [1.807, 2.05) is 18.2 Å². The zero-order valence-electron chi connectivity index (χ0n) is 39.0. The van der Waals surface area contributed by atoms with E-state index >= 15 is 0 Å². The molecule has 368 valence electrons. The third kappa shape index (κ3) is 31.2. The molecule has 0 radical (unpaired) electrons. The van der Waals surface area contributed by atoms with Crippen LogP contribution in [0.15, 0.2) is 72.9 Å². The second-order valence-electron chi connectivity index (χ2n) is 16.6. The normalized spacial score (nSPS) is 22.2. The van der Waals surface area contributed by atoms with Gasteiger partial charge in [0.25, 0.3) is 0 Å². The van der Waals surface area contributed by atoms with Crippen molar-refractivity contribution in [2.24, 2.45) is 0 Å². The highest BCUT2D eigenvalue weighted by molar-refractivity contribution is 7.47. The van der Waals surface area contributed by atoms with Crippen LogP contribution in [0.5, 0.6) is 0 Å². The van der Waals surface area contributed by atoms with Crippen LogP contribution in [0.25, 0.3) is 0 Å². The van der Waals surface area contributed by atoms with Crippen LogP contribution < -0.4 is 0 Å². The fourth-order valence-electron chi connectivity index (χ4n) is 6.96. The first-order valence-electron chi connectivity index (χ1n) is 24.2. The summed E-state index contributed by atoms with van der Waals surface area (Å²) in [4.78, 5) is 35.7. The van der Waals surface area contributed by atoms with Crippen molar-refractivity contribution in [1.29, 1.82) is 0 Å². The predicted molar refractivity (Wildman–Crippen MR) is 253 cm³/mol. The highest BCUT2D eigenvalue weighted by atomic mass is 31.2. The summed E-state index contributed by atoms with van der Waals surface area (Å²) in [6.07, 6.45) is 36.8. The van der Waals surface area contributed by atoms with Gasteiger partial charge in [-0.05, 0) is 51.4 Å². The molecule has 0 aliphatic heterocycles. The summed E-state index contributed by atoms with van der Waals surface area (Å²) < 4.78 is 33.5. The van der Waals surface area contributed by atoms with Crippen molar-refractivity contribution in [2.75, 3.05) is 13.2 Å². The van der Waals surface area contributed by atoms with Crippen molar-refractivity contribution in [3.8, 4) is 0 Å². The Hall–Kier alpha value is -2.71. The number of unbranched alkanes of at least 4 members (excludes halogenated alkanes) is 15. The maximum Gasteiger partial charge on any atom is 0.472 e. The van der Waals surface area contributed by atoms with Crippen LogP contribution in [0.3, 0.4) is 0 Å². The fraction of sp³-hybridized carbons (Fsp3) is 0.720. The van der Waals surface area contributed by atoms with Gasteiger partial charge < -0.3 is 39.9 Å². The lowest BCUT2D eigenvalue weighted by Gasteiger charge is -2.41. The molecule has 0 bridgehead atoms. The first-order valence-corrected chi connectivity index (χ1v) is 25.7. The van der Waals surface area contributed by atoms with Crippen LogP contribution in [0.4, 0.5) is 0 Å². The fourth-order valence-corrected chi connectivity index (χ4v) is 7.93. The minimum atomic E-state index is -5.14. The van der Waals surface area contributed by atoms with E-state index in [9.17, 15) is 44.6 Å². The van der Waals surface area contributed by atoms with E-state index in [-0.39, 0.29) is 12.8 Å². The van der Waals surface area contributed by atoms with Crippen molar-refractivity contribution < 1.29 is 63.1 Å². The Morgan fingerprint density at radius 2 is 0.891 bits per heavy atom. The smallest absolute Gasteiger partial charge is 0.462 e. The molecule has 6 unspecified atom stereocenters. The molecule has 64 heavy (non-hydrogen) atoms. The number of esters is 2. The van der Waals surface area contributed by atoms with Gasteiger partial charge >= 0.3 is 19.8 Å². The zero-order chi connectivity index (χ0) is 47.1. The molecule has 0 heterocycles. The molecule has 1 fully saturated rings. The highest BCUT2D eigenvalue weighted by Crippen LogP contribution is 2.47. The standard InChI is InChI=1S/C50H85O13P/c1-3-5-7-9-11-13-15-17-19-21-22-23-25-27-29-31-33-35-37-39-44(52)62-42(41-61-64(58,59)63-50-48(56)46(54)45(53)47(55)49(50)57)40-60-43(51)38-36-34-32-30-28-26-24-20-18-16-14-12-10-8-6-4-2/h5,7,11,13,17,19,22-23,27,29,33,35,42,45-50,53-57H,3-4,6,8-10,12,14-16,18,20-21,24-26,28,30-32,34,36-41H2,1-2H3,(H,58,59)/b7-5+,13-11+,19-17+,23-22+,29-27+,35-33+/t42-,45?,46-,47?,48?,49?,50?/m1/s1. The molecule has 1 aliphatic rings. The minimum Gasteiger partial charge on any atom is -0.462 e. The molecule has 8 atom stereocenters. The largest absolute Gasteiger partial charge is 0.472 e. The first-order chi connectivity index (χ1) is 30.9. The number of carbonyl (C=O) groups is 2. The maximum absolute atomic E-state index is 12.8. The SMILES string of the molecule is CC/C=C/C/C=C/C/C=C/C/C=C/C/C=C/C/C=C/CCC(=O)O[C@H](COC(=O)CCCCCCCCCCCCCCCCCC)COP(=O)(O)OC1C(O)C(O)C(O)[C@@H](O)C1O. The average Bonchev–Trinajstić information content (AvgIpc) is 3.28. The second-order valence-corrected chi connectivity index (χ2v) is 18.0. The third-order valence-corrected chi connectivity index (χ3v) is 11.8. The van der Waals surface area contributed by atoms with Gasteiger partial charge in [-0.15, -0.1) is 0 Å². The van der Waals surface area contributed by atoms with Crippen molar-refractivity contribution in [1.82, 2.24) is 0 Å². The number of hydrogen-bond donors (Lipinski definition) is 6. The van der Waals surface area contributed by atoms with Gasteiger partial charge in [0, 0.05) is 12.8 Å². The Balaban J connectivity index is 2.49. The van der Waals surface area contributed by atoms with Crippen LogP contribution in [0, 0.1) is 0 Å². The molecule has 0 spiro atoms. The van der Waals surface area contributed by atoms with Gasteiger partial charge in [-0.25, -0.2) is 4.57 Å². The zero-order valence-corrected chi connectivity index (χ0v) is 39.9. The van der Waals surface area contributed by atoms with Crippen LogP contribution >= 0.6 is 7.82 Å². The van der Waals surface area contributed by atoms with Crippen molar-refractivity contribution in [3.63, 3.8) is 0 Å². The summed E-state index contributed by atoms with van der Waals surface area (Å²) in [5.74, 6) is -1.20. The molecule has 1 saturated carbocycles. The Morgan fingerprint density at radius 3 is 1.33 bits per heavy atom. The van der Waals surface area contributed by atoms with E-state index < -0.39 is 75.7 Å². The number of aliphatic hydroxyl groups is 5. The van der Waals surface area contributed by atoms with Gasteiger partial charge in [-0.2, -0.15) is 0 Å².